The lowest BCUT2D eigenvalue weighted by Gasteiger charge is -2.32. The average Bonchev–Trinajstić information content (AvgIpc) is 2.67. The van der Waals surface area contributed by atoms with E-state index >= 15 is 0 Å². The molecule has 1 fully saturated rings. The largest absolute Gasteiger partial charge is 0.514 e. The first kappa shape index (κ1) is 16.1. The molecule has 2 heterocycles. The van der Waals surface area contributed by atoms with Crippen LogP contribution in [-0.4, -0.2) is 28.3 Å². The van der Waals surface area contributed by atoms with Crippen LogP contribution in [0.5, 0.6) is 0 Å². The van der Waals surface area contributed by atoms with Crippen molar-refractivity contribution < 1.29 is 13.7 Å². The molecule has 120 valence electrons. The third kappa shape index (κ3) is 2.89. The van der Waals surface area contributed by atoms with Gasteiger partial charge in [-0.25, -0.2) is 14.4 Å². The van der Waals surface area contributed by atoms with Crippen molar-refractivity contribution in [3.05, 3.63) is 42.0 Å². The lowest BCUT2D eigenvalue weighted by molar-refractivity contribution is 0.00578. The molecule has 1 saturated heterocycles. The second kappa shape index (κ2) is 5.39. The summed E-state index contributed by atoms with van der Waals surface area (Å²) in [5.74, 6) is 0.237. The summed E-state index contributed by atoms with van der Waals surface area (Å²) in [5, 5.41) is 0. The second-order valence-electron chi connectivity index (χ2n) is 6.79. The zero-order valence-electron chi connectivity index (χ0n) is 14.1. The van der Waals surface area contributed by atoms with Crippen LogP contribution in [0.25, 0.3) is 11.3 Å². The molecular weight excluding hydrogens is 294 g/mol. The second-order valence-corrected chi connectivity index (χ2v) is 6.79. The van der Waals surface area contributed by atoms with Gasteiger partial charge in [0.25, 0.3) is 0 Å². The number of rotatable bonds is 2. The van der Waals surface area contributed by atoms with E-state index in [1.807, 2.05) is 27.7 Å². The maximum Gasteiger partial charge on any atom is 0.514 e. The van der Waals surface area contributed by atoms with Crippen LogP contribution in [0.4, 0.5) is 4.39 Å². The summed E-state index contributed by atoms with van der Waals surface area (Å²) in [6, 6.07) is 8.28. The van der Waals surface area contributed by atoms with Crippen LogP contribution in [-0.2, 0) is 9.31 Å². The van der Waals surface area contributed by atoms with E-state index in [0.29, 0.717) is 22.7 Å². The Morgan fingerprint density at radius 1 is 1.00 bits per heavy atom. The van der Waals surface area contributed by atoms with Crippen molar-refractivity contribution in [3.8, 4) is 11.3 Å². The first-order valence-electron chi connectivity index (χ1n) is 7.66. The highest BCUT2D eigenvalue weighted by Crippen LogP contribution is 2.36. The Labute approximate surface area is 136 Å². The smallest absolute Gasteiger partial charge is 0.398 e. The number of halogens is 1. The Morgan fingerprint density at radius 3 is 2.22 bits per heavy atom. The van der Waals surface area contributed by atoms with Crippen LogP contribution in [0.15, 0.2) is 30.3 Å². The molecule has 0 atom stereocenters. The maximum atomic E-state index is 14.0. The Kier molecular flexibility index (Phi) is 3.77. The van der Waals surface area contributed by atoms with E-state index in [0.717, 1.165) is 0 Å². The molecular formula is C17H20BFN2O2. The number of benzene rings is 1. The number of aryl methyl sites for hydroxylation is 1. The standard InChI is InChI=1S/C17H20BFN2O2/c1-11-20-14(12-8-6-7-9-13(12)19)10-15(21-11)18-22-16(2,3)17(4,5)23-18/h6-10H,1-5H3. The van der Waals surface area contributed by atoms with Gasteiger partial charge < -0.3 is 9.31 Å². The fourth-order valence-electron chi connectivity index (χ4n) is 2.48. The highest BCUT2D eigenvalue weighted by atomic mass is 19.1. The molecule has 6 heteroatoms. The van der Waals surface area contributed by atoms with Crippen molar-refractivity contribution in [2.24, 2.45) is 0 Å². The van der Waals surface area contributed by atoms with Crippen LogP contribution >= 0.6 is 0 Å². The number of nitrogens with zero attached hydrogens (tertiary/aromatic N) is 2. The predicted molar refractivity (Wildman–Crippen MR) is 87.9 cm³/mol. The molecule has 23 heavy (non-hydrogen) atoms. The highest BCUT2D eigenvalue weighted by Gasteiger charge is 2.52. The topological polar surface area (TPSA) is 44.2 Å². The van der Waals surface area contributed by atoms with Gasteiger partial charge >= 0.3 is 7.12 Å². The van der Waals surface area contributed by atoms with E-state index in [4.69, 9.17) is 9.31 Å². The SMILES string of the molecule is Cc1nc(B2OC(C)(C)C(C)(C)O2)cc(-c2ccccc2F)n1. The summed E-state index contributed by atoms with van der Waals surface area (Å²) < 4.78 is 26.1. The summed E-state index contributed by atoms with van der Waals surface area (Å²) in [6.07, 6.45) is 0. The van der Waals surface area contributed by atoms with Gasteiger partial charge in [0, 0.05) is 5.56 Å². The fourth-order valence-corrected chi connectivity index (χ4v) is 2.48. The number of aromatic nitrogens is 2. The Bertz CT molecular complexity index is 733. The zero-order valence-corrected chi connectivity index (χ0v) is 14.1. The summed E-state index contributed by atoms with van der Waals surface area (Å²) in [6.45, 7) is 9.72. The first-order valence-corrected chi connectivity index (χ1v) is 7.66. The Morgan fingerprint density at radius 2 is 1.61 bits per heavy atom. The van der Waals surface area contributed by atoms with Crippen molar-refractivity contribution in [2.75, 3.05) is 0 Å². The van der Waals surface area contributed by atoms with Gasteiger partial charge in [0.05, 0.1) is 22.5 Å². The molecule has 0 radical (unpaired) electrons. The monoisotopic (exact) mass is 314 g/mol. The first-order chi connectivity index (χ1) is 10.7. The van der Waals surface area contributed by atoms with Crippen LogP contribution in [0.1, 0.15) is 33.5 Å². The molecule has 1 aromatic carbocycles. The summed E-state index contributed by atoms with van der Waals surface area (Å²) in [7, 11) is -0.591. The quantitative estimate of drug-likeness (QED) is 0.800. The van der Waals surface area contributed by atoms with Gasteiger partial charge in [0.1, 0.15) is 11.6 Å². The molecule has 0 spiro atoms. The van der Waals surface area contributed by atoms with Gasteiger partial charge in [-0.15, -0.1) is 0 Å². The third-order valence-corrected chi connectivity index (χ3v) is 4.50. The molecule has 1 aliphatic rings. The van der Waals surface area contributed by atoms with E-state index in [9.17, 15) is 4.39 Å². The Balaban J connectivity index is 2.02. The minimum Gasteiger partial charge on any atom is -0.398 e. The van der Waals surface area contributed by atoms with Crippen LogP contribution in [0.2, 0.25) is 0 Å². The maximum absolute atomic E-state index is 14.0. The van der Waals surface area contributed by atoms with E-state index in [2.05, 4.69) is 9.97 Å². The molecule has 0 saturated carbocycles. The van der Waals surface area contributed by atoms with Crippen LogP contribution < -0.4 is 5.59 Å². The lowest BCUT2D eigenvalue weighted by atomic mass is 9.83. The van der Waals surface area contributed by atoms with Crippen molar-refractivity contribution in [3.63, 3.8) is 0 Å². The van der Waals surface area contributed by atoms with Crippen LogP contribution in [0.3, 0.4) is 0 Å². The molecule has 1 aliphatic heterocycles. The normalized spacial score (nSPS) is 19.1. The zero-order chi connectivity index (χ0) is 16.8. The Hall–Kier alpha value is -1.79. The average molecular weight is 314 g/mol. The molecule has 0 N–H and O–H groups in total. The van der Waals surface area contributed by atoms with E-state index in [1.54, 1.807) is 31.2 Å². The van der Waals surface area contributed by atoms with Gasteiger partial charge in [0.15, 0.2) is 0 Å². The third-order valence-electron chi connectivity index (χ3n) is 4.50. The van der Waals surface area contributed by atoms with E-state index in [-0.39, 0.29) is 5.82 Å². The van der Waals surface area contributed by atoms with Gasteiger partial charge in [-0.1, -0.05) is 12.1 Å². The van der Waals surface area contributed by atoms with Gasteiger partial charge in [-0.05, 0) is 52.8 Å². The molecule has 2 aromatic rings. The van der Waals surface area contributed by atoms with E-state index in [1.165, 1.54) is 6.07 Å². The molecule has 0 aliphatic carbocycles. The minimum atomic E-state index is -0.591. The molecule has 0 unspecified atom stereocenters. The van der Waals surface area contributed by atoms with E-state index < -0.39 is 18.3 Å². The van der Waals surface area contributed by atoms with Crippen molar-refractivity contribution >= 4 is 12.7 Å². The predicted octanol–water partition coefficient (Wildman–Crippen LogP) is 2.89. The van der Waals surface area contributed by atoms with Gasteiger partial charge in [0.2, 0.25) is 0 Å². The number of hydrogen-bond donors (Lipinski definition) is 0. The lowest BCUT2D eigenvalue weighted by Crippen LogP contribution is -2.41. The summed E-state index contributed by atoms with van der Waals surface area (Å²) in [4.78, 5) is 8.77. The summed E-state index contributed by atoms with van der Waals surface area (Å²) >= 11 is 0. The van der Waals surface area contributed by atoms with Crippen LogP contribution in [0, 0.1) is 12.7 Å². The molecule has 1 aromatic heterocycles. The number of hydrogen-bond acceptors (Lipinski definition) is 4. The molecule has 0 bridgehead atoms. The fraction of sp³-hybridized carbons (Fsp3) is 0.412. The molecule has 3 rings (SSSR count). The van der Waals surface area contributed by atoms with Gasteiger partial charge in [-0.2, -0.15) is 0 Å². The van der Waals surface area contributed by atoms with Gasteiger partial charge in [-0.3, -0.25) is 0 Å². The van der Waals surface area contributed by atoms with Crippen molar-refractivity contribution in [1.82, 2.24) is 9.97 Å². The highest BCUT2D eigenvalue weighted by molar-refractivity contribution is 6.61. The molecule has 4 nitrogen and oxygen atoms in total. The summed E-state index contributed by atoms with van der Waals surface area (Å²) in [5.41, 5.74) is 0.675. The van der Waals surface area contributed by atoms with Crippen molar-refractivity contribution in [1.29, 1.82) is 0 Å². The minimum absolute atomic E-state index is 0.314. The molecule has 0 amide bonds. The van der Waals surface area contributed by atoms with Crippen molar-refractivity contribution in [2.45, 2.75) is 45.8 Å².